The molecular weight excluding hydrogens is 420 g/mol. The Labute approximate surface area is 193 Å². The topological polar surface area (TPSA) is 80.9 Å². The highest BCUT2D eigenvalue weighted by molar-refractivity contribution is 5.92. The second-order valence-corrected chi connectivity index (χ2v) is 7.92. The van der Waals surface area contributed by atoms with Crippen LogP contribution in [0, 0.1) is 6.92 Å². The zero-order valence-corrected chi connectivity index (χ0v) is 19.2. The molecule has 1 amide bonds. The number of rotatable bonds is 7. The number of hydrogen-bond acceptors (Lipinski definition) is 7. The lowest BCUT2D eigenvalue weighted by Gasteiger charge is -2.33. The summed E-state index contributed by atoms with van der Waals surface area (Å²) in [6.45, 7) is 5.36. The maximum atomic E-state index is 12.7. The van der Waals surface area contributed by atoms with E-state index in [1.54, 1.807) is 26.4 Å². The summed E-state index contributed by atoms with van der Waals surface area (Å²) in [6, 6.07) is 13.5. The summed E-state index contributed by atoms with van der Waals surface area (Å²) in [6.07, 6.45) is 3.35. The second kappa shape index (κ2) is 10.3. The molecule has 33 heavy (non-hydrogen) atoms. The monoisotopic (exact) mass is 448 g/mol. The van der Waals surface area contributed by atoms with Crippen molar-refractivity contribution < 1.29 is 18.8 Å². The van der Waals surface area contributed by atoms with Gasteiger partial charge in [-0.05, 0) is 31.2 Å². The van der Waals surface area contributed by atoms with Gasteiger partial charge in [0.15, 0.2) is 0 Å². The van der Waals surface area contributed by atoms with E-state index in [1.807, 2.05) is 54.3 Å². The van der Waals surface area contributed by atoms with Gasteiger partial charge in [0.05, 0.1) is 20.8 Å². The van der Waals surface area contributed by atoms with Crippen molar-refractivity contribution in [1.29, 1.82) is 0 Å². The minimum atomic E-state index is -0.0287. The van der Waals surface area contributed by atoms with Crippen molar-refractivity contribution in [2.45, 2.75) is 13.5 Å². The fraction of sp³-hybridized carbons (Fsp3) is 0.320. The number of benzene rings is 2. The van der Waals surface area contributed by atoms with Crippen molar-refractivity contribution in [2.24, 2.45) is 0 Å². The molecule has 1 aromatic heterocycles. The van der Waals surface area contributed by atoms with E-state index >= 15 is 0 Å². The fourth-order valence-electron chi connectivity index (χ4n) is 3.69. The van der Waals surface area contributed by atoms with Crippen LogP contribution in [0.5, 0.6) is 11.5 Å². The van der Waals surface area contributed by atoms with Crippen molar-refractivity contribution in [3.05, 3.63) is 65.6 Å². The molecule has 0 bridgehead atoms. The Bertz CT molecular complexity index is 1120. The number of aryl methyl sites for hydroxylation is 1. The molecule has 0 saturated carbocycles. The molecule has 1 aliphatic heterocycles. The number of carbonyl (C=O) groups is 1. The van der Waals surface area contributed by atoms with Crippen molar-refractivity contribution >= 4 is 12.0 Å². The quantitative estimate of drug-likeness (QED) is 0.512. The van der Waals surface area contributed by atoms with Crippen molar-refractivity contribution in [1.82, 2.24) is 19.9 Å². The lowest BCUT2D eigenvalue weighted by atomic mass is 10.1. The third kappa shape index (κ3) is 5.59. The molecule has 2 aromatic carbocycles. The van der Waals surface area contributed by atoms with Crippen LogP contribution >= 0.6 is 0 Å². The van der Waals surface area contributed by atoms with Gasteiger partial charge in [0.25, 0.3) is 0 Å². The first-order chi connectivity index (χ1) is 16.1. The van der Waals surface area contributed by atoms with Crippen LogP contribution in [0.4, 0.5) is 0 Å². The van der Waals surface area contributed by atoms with E-state index in [0.29, 0.717) is 42.8 Å². The van der Waals surface area contributed by atoms with Crippen molar-refractivity contribution in [3.8, 4) is 22.9 Å². The fourth-order valence-corrected chi connectivity index (χ4v) is 3.69. The first-order valence-corrected chi connectivity index (χ1v) is 10.9. The SMILES string of the molecule is COc1ccc(OC)c(C=CC(=O)N2CCN(Cc3nc(-c4ccc(C)cc4)no3)CC2)c1. The van der Waals surface area contributed by atoms with Gasteiger partial charge in [-0.1, -0.05) is 35.0 Å². The summed E-state index contributed by atoms with van der Waals surface area (Å²) in [5, 5.41) is 4.10. The van der Waals surface area contributed by atoms with E-state index in [-0.39, 0.29) is 5.91 Å². The highest BCUT2D eigenvalue weighted by Gasteiger charge is 2.21. The molecule has 4 rings (SSSR count). The highest BCUT2D eigenvalue weighted by Crippen LogP contribution is 2.25. The number of carbonyl (C=O) groups excluding carboxylic acids is 1. The Hall–Kier alpha value is -3.65. The van der Waals surface area contributed by atoms with Crippen molar-refractivity contribution in [3.63, 3.8) is 0 Å². The zero-order chi connectivity index (χ0) is 23.2. The van der Waals surface area contributed by atoms with Gasteiger partial charge in [0.1, 0.15) is 11.5 Å². The van der Waals surface area contributed by atoms with Crippen molar-refractivity contribution in [2.75, 3.05) is 40.4 Å². The molecule has 172 valence electrons. The van der Waals surface area contributed by atoms with Gasteiger partial charge in [-0.25, -0.2) is 0 Å². The van der Waals surface area contributed by atoms with Gasteiger partial charge in [0.2, 0.25) is 17.6 Å². The minimum absolute atomic E-state index is 0.0287. The molecule has 0 unspecified atom stereocenters. The third-order valence-electron chi connectivity index (χ3n) is 5.66. The molecule has 1 aliphatic rings. The Morgan fingerprint density at radius 3 is 2.52 bits per heavy atom. The van der Waals surface area contributed by atoms with E-state index in [1.165, 1.54) is 5.56 Å². The zero-order valence-electron chi connectivity index (χ0n) is 19.2. The minimum Gasteiger partial charge on any atom is -0.497 e. The van der Waals surface area contributed by atoms with Crippen LogP contribution in [-0.4, -0.2) is 66.2 Å². The molecule has 8 nitrogen and oxygen atoms in total. The normalized spacial score (nSPS) is 14.6. The molecule has 0 spiro atoms. The first-order valence-electron chi connectivity index (χ1n) is 10.9. The predicted octanol–water partition coefficient (Wildman–Crippen LogP) is 3.42. The van der Waals surface area contributed by atoms with Gasteiger partial charge in [0, 0.05) is 43.4 Å². The third-order valence-corrected chi connectivity index (χ3v) is 5.66. The van der Waals surface area contributed by atoms with Gasteiger partial charge >= 0.3 is 0 Å². The number of methoxy groups -OCH3 is 2. The standard InChI is InChI=1S/C25H28N4O4/c1-18-4-6-19(7-5-18)25-26-23(33-27-25)17-28-12-14-29(15-13-28)24(30)11-8-20-16-21(31-2)9-10-22(20)32-3/h4-11,16H,12-15,17H2,1-3H3. The van der Waals surface area contributed by atoms with Crippen LogP contribution in [0.1, 0.15) is 17.0 Å². The van der Waals surface area contributed by atoms with Gasteiger partial charge in [-0.3, -0.25) is 9.69 Å². The smallest absolute Gasteiger partial charge is 0.246 e. The number of nitrogens with zero attached hydrogens (tertiary/aromatic N) is 4. The van der Waals surface area contributed by atoms with E-state index in [0.717, 1.165) is 24.2 Å². The van der Waals surface area contributed by atoms with Crippen LogP contribution in [0.15, 0.2) is 53.1 Å². The van der Waals surface area contributed by atoms with Crippen LogP contribution in [0.25, 0.3) is 17.5 Å². The van der Waals surface area contributed by atoms with Crippen LogP contribution in [0.3, 0.4) is 0 Å². The van der Waals surface area contributed by atoms with Crippen LogP contribution in [0.2, 0.25) is 0 Å². The number of ether oxygens (including phenoxy) is 2. The summed E-state index contributed by atoms with van der Waals surface area (Å²) in [4.78, 5) is 21.3. The molecular formula is C25H28N4O4. The molecule has 3 aromatic rings. The molecule has 8 heteroatoms. The van der Waals surface area contributed by atoms with Gasteiger partial charge in [-0.15, -0.1) is 0 Å². The lowest BCUT2D eigenvalue weighted by Crippen LogP contribution is -2.47. The summed E-state index contributed by atoms with van der Waals surface area (Å²) < 4.78 is 16.1. The Morgan fingerprint density at radius 1 is 1.06 bits per heavy atom. The number of aromatic nitrogens is 2. The molecule has 2 heterocycles. The summed E-state index contributed by atoms with van der Waals surface area (Å²) >= 11 is 0. The van der Waals surface area contributed by atoms with E-state index in [2.05, 4.69) is 15.0 Å². The average molecular weight is 449 g/mol. The lowest BCUT2D eigenvalue weighted by molar-refractivity contribution is -0.127. The largest absolute Gasteiger partial charge is 0.497 e. The van der Waals surface area contributed by atoms with Gasteiger partial charge < -0.3 is 18.9 Å². The van der Waals surface area contributed by atoms with E-state index in [4.69, 9.17) is 14.0 Å². The maximum absolute atomic E-state index is 12.7. The number of piperazine rings is 1. The predicted molar refractivity (Wildman–Crippen MR) is 125 cm³/mol. The molecule has 1 saturated heterocycles. The highest BCUT2D eigenvalue weighted by atomic mass is 16.5. The van der Waals surface area contributed by atoms with Crippen LogP contribution < -0.4 is 9.47 Å². The number of amides is 1. The Kier molecular flexibility index (Phi) is 7.04. The average Bonchev–Trinajstić information content (AvgIpc) is 3.31. The maximum Gasteiger partial charge on any atom is 0.246 e. The first kappa shape index (κ1) is 22.5. The number of hydrogen-bond donors (Lipinski definition) is 0. The molecule has 1 fully saturated rings. The molecule has 0 atom stereocenters. The summed E-state index contributed by atoms with van der Waals surface area (Å²) in [5.74, 6) is 2.54. The molecule has 0 N–H and O–H groups in total. The van der Waals surface area contributed by atoms with Gasteiger partial charge in [-0.2, -0.15) is 4.98 Å². The summed E-state index contributed by atoms with van der Waals surface area (Å²) in [7, 11) is 3.21. The van der Waals surface area contributed by atoms with E-state index < -0.39 is 0 Å². The molecule has 0 aliphatic carbocycles. The van der Waals surface area contributed by atoms with E-state index in [9.17, 15) is 4.79 Å². The summed E-state index contributed by atoms with van der Waals surface area (Å²) in [5.41, 5.74) is 2.92. The Morgan fingerprint density at radius 2 is 1.82 bits per heavy atom. The molecule has 0 radical (unpaired) electrons. The van der Waals surface area contributed by atoms with Crippen LogP contribution in [-0.2, 0) is 11.3 Å². The Balaban J connectivity index is 1.30. The second-order valence-electron chi connectivity index (χ2n) is 7.92.